The minimum atomic E-state index is 0.679. The second kappa shape index (κ2) is 5.34. The molecule has 1 heterocycles. The first-order chi connectivity index (χ1) is 7.40. The van der Waals surface area contributed by atoms with Gasteiger partial charge in [0.1, 0.15) is 0 Å². The van der Waals surface area contributed by atoms with Crippen molar-refractivity contribution in [1.29, 1.82) is 0 Å². The molecule has 1 aromatic rings. The summed E-state index contributed by atoms with van der Waals surface area (Å²) in [4.78, 5) is 0. The van der Waals surface area contributed by atoms with Crippen LogP contribution < -0.4 is 0 Å². The summed E-state index contributed by atoms with van der Waals surface area (Å²) < 4.78 is 2.22. The molecule has 1 aromatic heterocycles. The van der Waals surface area contributed by atoms with Crippen LogP contribution in [-0.4, -0.2) is 9.78 Å². The van der Waals surface area contributed by atoms with Gasteiger partial charge in [-0.25, -0.2) is 0 Å². The van der Waals surface area contributed by atoms with Gasteiger partial charge in [0.25, 0.3) is 0 Å². The van der Waals surface area contributed by atoms with Crippen LogP contribution >= 0.6 is 0 Å². The first-order valence-corrected chi connectivity index (χ1v) is 6.44. The molecule has 0 amide bonds. The lowest BCUT2D eigenvalue weighted by Gasteiger charge is -2.14. The van der Waals surface area contributed by atoms with Gasteiger partial charge < -0.3 is 0 Å². The van der Waals surface area contributed by atoms with Crippen LogP contribution in [0.5, 0.6) is 0 Å². The fourth-order valence-corrected chi connectivity index (χ4v) is 2.49. The van der Waals surface area contributed by atoms with E-state index in [1.807, 2.05) is 0 Å². The van der Waals surface area contributed by atoms with E-state index >= 15 is 0 Å². The number of aromatic nitrogens is 2. The van der Waals surface area contributed by atoms with E-state index in [0.29, 0.717) is 6.04 Å². The number of hydrogen-bond donors (Lipinski definition) is 0. The van der Waals surface area contributed by atoms with E-state index in [1.54, 1.807) is 0 Å². The molecule has 0 aromatic carbocycles. The quantitative estimate of drug-likeness (QED) is 0.689. The Labute approximate surface area is 92.7 Å². The maximum atomic E-state index is 4.68. The minimum absolute atomic E-state index is 0.679. The second-order valence-electron chi connectivity index (χ2n) is 4.68. The molecule has 0 N–H and O–H groups in total. The van der Waals surface area contributed by atoms with Crippen LogP contribution in [0.15, 0.2) is 12.3 Å². The van der Waals surface area contributed by atoms with Gasteiger partial charge in [0.2, 0.25) is 0 Å². The van der Waals surface area contributed by atoms with Crippen LogP contribution in [0.25, 0.3) is 0 Å². The first-order valence-electron chi connectivity index (χ1n) is 6.44. The molecule has 0 bridgehead atoms. The van der Waals surface area contributed by atoms with E-state index in [9.17, 15) is 0 Å². The Morgan fingerprint density at radius 1 is 1.27 bits per heavy atom. The van der Waals surface area contributed by atoms with Crippen molar-refractivity contribution >= 4 is 0 Å². The highest BCUT2D eigenvalue weighted by Crippen LogP contribution is 2.26. The van der Waals surface area contributed by atoms with E-state index in [1.165, 1.54) is 50.6 Å². The van der Waals surface area contributed by atoms with E-state index in [-0.39, 0.29) is 0 Å². The average Bonchev–Trinajstić information content (AvgIpc) is 2.53. The maximum Gasteiger partial charge on any atom is 0.0624 e. The molecule has 2 nitrogen and oxygen atoms in total. The van der Waals surface area contributed by atoms with E-state index in [4.69, 9.17) is 0 Å². The van der Waals surface area contributed by atoms with Crippen LogP contribution in [0.3, 0.4) is 0 Å². The van der Waals surface area contributed by atoms with E-state index in [2.05, 4.69) is 29.0 Å². The fraction of sp³-hybridized carbons (Fsp3) is 0.769. The lowest BCUT2D eigenvalue weighted by Crippen LogP contribution is -2.09. The zero-order valence-electron chi connectivity index (χ0n) is 9.78. The predicted molar refractivity (Wildman–Crippen MR) is 63.0 cm³/mol. The Hall–Kier alpha value is -0.790. The van der Waals surface area contributed by atoms with Crippen molar-refractivity contribution in [3.8, 4) is 0 Å². The van der Waals surface area contributed by atoms with E-state index in [0.717, 1.165) is 6.42 Å². The van der Waals surface area contributed by atoms with Gasteiger partial charge in [0, 0.05) is 6.20 Å². The summed E-state index contributed by atoms with van der Waals surface area (Å²) in [6, 6.07) is 2.87. The molecule has 0 saturated heterocycles. The smallest absolute Gasteiger partial charge is 0.0624 e. The van der Waals surface area contributed by atoms with Gasteiger partial charge in [-0.2, -0.15) is 5.10 Å². The zero-order valence-corrected chi connectivity index (χ0v) is 9.78. The van der Waals surface area contributed by atoms with Gasteiger partial charge in [0.05, 0.1) is 11.7 Å². The van der Waals surface area contributed by atoms with Crippen LogP contribution in [0, 0.1) is 0 Å². The SMILES string of the molecule is CCCc1ccn(C2CCCCCC2)n1. The van der Waals surface area contributed by atoms with Crippen molar-refractivity contribution in [2.24, 2.45) is 0 Å². The number of rotatable bonds is 3. The molecule has 0 aliphatic heterocycles. The molecule has 0 radical (unpaired) electrons. The third-order valence-electron chi connectivity index (χ3n) is 3.37. The summed E-state index contributed by atoms with van der Waals surface area (Å²) in [7, 11) is 0. The highest BCUT2D eigenvalue weighted by atomic mass is 15.3. The molecular weight excluding hydrogens is 184 g/mol. The lowest BCUT2D eigenvalue weighted by molar-refractivity contribution is 0.403. The third kappa shape index (κ3) is 2.83. The number of hydrogen-bond acceptors (Lipinski definition) is 1. The van der Waals surface area contributed by atoms with Crippen molar-refractivity contribution in [2.75, 3.05) is 0 Å². The van der Waals surface area contributed by atoms with Crippen molar-refractivity contribution in [3.63, 3.8) is 0 Å². The number of aryl methyl sites for hydroxylation is 1. The number of nitrogens with zero attached hydrogens (tertiary/aromatic N) is 2. The molecule has 2 heteroatoms. The van der Waals surface area contributed by atoms with Crippen LogP contribution in [0.2, 0.25) is 0 Å². The molecule has 0 atom stereocenters. The van der Waals surface area contributed by atoms with E-state index < -0.39 is 0 Å². The van der Waals surface area contributed by atoms with Gasteiger partial charge in [-0.3, -0.25) is 4.68 Å². The lowest BCUT2D eigenvalue weighted by atomic mass is 10.1. The molecule has 1 aliphatic carbocycles. The fourth-order valence-electron chi connectivity index (χ4n) is 2.49. The molecule has 15 heavy (non-hydrogen) atoms. The monoisotopic (exact) mass is 206 g/mol. The van der Waals surface area contributed by atoms with Gasteiger partial charge in [-0.05, 0) is 25.3 Å². The maximum absolute atomic E-state index is 4.68. The van der Waals surface area contributed by atoms with Crippen molar-refractivity contribution in [2.45, 2.75) is 64.3 Å². The van der Waals surface area contributed by atoms with Crippen LogP contribution in [-0.2, 0) is 6.42 Å². The average molecular weight is 206 g/mol. The Kier molecular flexibility index (Phi) is 3.81. The highest BCUT2D eigenvalue weighted by Gasteiger charge is 2.14. The standard InChI is InChI=1S/C13H22N2/c1-2-7-12-10-11-15(14-12)13-8-5-3-4-6-9-13/h10-11,13H,2-9H2,1H3. The molecule has 1 aliphatic rings. The molecular formula is C13H22N2. The summed E-state index contributed by atoms with van der Waals surface area (Å²) in [5, 5.41) is 4.68. The van der Waals surface area contributed by atoms with Gasteiger partial charge in [-0.1, -0.05) is 39.0 Å². The Morgan fingerprint density at radius 2 is 2.00 bits per heavy atom. The largest absolute Gasteiger partial charge is 0.269 e. The first kappa shape index (κ1) is 10.7. The van der Waals surface area contributed by atoms with Crippen LogP contribution in [0.4, 0.5) is 0 Å². The topological polar surface area (TPSA) is 17.8 Å². The summed E-state index contributed by atoms with van der Waals surface area (Å²) >= 11 is 0. The summed E-state index contributed by atoms with van der Waals surface area (Å²) in [5.41, 5.74) is 1.27. The van der Waals surface area contributed by atoms with Crippen molar-refractivity contribution in [3.05, 3.63) is 18.0 Å². The van der Waals surface area contributed by atoms with Gasteiger partial charge in [0.15, 0.2) is 0 Å². The summed E-state index contributed by atoms with van der Waals surface area (Å²) in [5.74, 6) is 0. The Morgan fingerprint density at radius 3 is 2.67 bits per heavy atom. The van der Waals surface area contributed by atoms with Gasteiger partial charge >= 0.3 is 0 Å². The predicted octanol–water partition coefficient (Wildman–Crippen LogP) is 3.73. The van der Waals surface area contributed by atoms with Crippen molar-refractivity contribution < 1.29 is 0 Å². The second-order valence-corrected chi connectivity index (χ2v) is 4.68. The third-order valence-corrected chi connectivity index (χ3v) is 3.37. The summed E-state index contributed by atoms with van der Waals surface area (Å²) in [6.07, 6.45) is 12.8. The Bertz CT molecular complexity index is 282. The van der Waals surface area contributed by atoms with Gasteiger partial charge in [-0.15, -0.1) is 0 Å². The Balaban J connectivity index is 2.00. The molecule has 2 rings (SSSR count). The molecule has 1 fully saturated rings. The van der Waals surface area contributed by atoms with Crippen LogP contribution in [0.1, 0.15) is 63.6 Å². The minimum Gasteiger partial charge on any atom is -0.269 e. The molecule has 0 spiro atoms. The zero-order chi connectivity index (χ0) is 10.5. The summed E-state index contributed by atoms with van der Waals surface area (Å²) in [6.45, 7) is 2.21. The molecule has 1 saturated carbocycles. The normalized spacial score (nSPS) is 19.0. The van der Waals surface area contributed by atoms with Crippen molar-refractivity contribution in [1.82, 2.24) is 9.78 Å². The molecule has 0 unspecified atom stereocenters. The highest BCUT2D eigenvalue weighted by molar-refractivity contribution is 4.99. The molecule has 84 valence electrons.